The van der Waals surface area contributed by atoms with E-state index < -0.39 is 48.6 Å². The Morgan fingerprint density at radius 3 is 2.12 bits per heavy atom. The van der Waals surface area contributed by atoms with Crippen LogP contribution in [0.2, 0.25) is 0 Å². The number of carbonyl (C=O) groups is 3. The second-order valence-corrected chi connectivity index (χ2v) is 7.44. The Balaban J connectivity index is 1.87. The van der Waals surface area contributed by atoms with Gasteiger partial charge in [0.2, 0.25) is 6.29 Å². The van der Waals surface area contributed by atoms with Crippen LogP contribution in [0.1, 0.15) is 29.8 Å². The first-order valence-electron chi connectivity index (χ1n) is 10.4. The first-order valence-corrected chi connectivity index (χ1v) is 10.4. The molecule has 176 valence electrons. The van der Waals surface area contributed by atoms with Crippen LogP contribution in [0.4, 0.5) is 0 Å². The number of ether oxygens (including phenoxy) is 5. The molecule has 1 aliphatic rings. The van der Waals surface area contributed by atoms with E-state index in [4.69, 9.17) is 23.7 Å². The zero-order valence-corrected chi connectivity index (χ0v) is 18.3. The van der Waals surface area contributed by atoms with Crippen LogP contribution in [0.15, 0.2) is 60.7 Å². The fourth-order valence-corrected chi connectivity index (χ4v) is 3.34. The van der Waals surface area contributed by atoms with Crippen LogP contribution in [0.5, 0.6) is 0 Å². The van der Waals surface area contributed by atoms with Crippen molar-refractivity contribution < 1.29 is 43.2 Å². The number of hydrogen-bond acceptors (Lipinski definition) is 9. The van der Waals surface area contributed by atoms with Crippen molar-refractivity contribution >= 4 is 17.9 Å². The van der Waals surface area contributed by atoms with E-state index in [9.17, 15) is 19.5 Å². The van der Waals surface area contributed by atoms with Crippen molar-refractivity contribution in [3.05, 3.63) is 71.8 Å². The summed E-state index contributed by atoms with van der Waals surface area (Å²) >= 11 is 0. The van der Waals surface area contributed by atoms with Crippen LogP contribution in [0.3, 0.4) is 0 Å². The summed E-state index contributed by atoms with van der Waals surface area (Å²) in [6, 6.07) is 17.4. The first kappa shape index (κ1) is 24.4. The minimum absolute atomic E-state index is 0.0784. The monoisotopic (exact) mass is 458 g/mol. The van der Waals surface area contributed by atoms with Gasteiger partial charge in [0.25, 0.3) is 0 Å². The molecule has 0 unspecified atom stereocenters. The van der Waals surface area contributed by atoms with E-state index in [2.05, 4.69) is 0 Å². The summed E-state index contributed by atoms with van der Waals surface area (Å²) in [5.74, 6) is -1.97. The smallest absolute Gasteiger partial charge is 0.338 e. The lowest BCUT2D eigenvalue weighted by Crippen LogP contribution is -2.61. The van der Waals surface area contributed by atoms with Gasteiger partial charge in [-0.1, -0.05) is 48.5 Å². The number of aliphatic hydroxyl groups is 1. The minimum atomic E-state index is -1.39. The van der Waals surface area contributed by atoms with Gasteiger partial charge in [0.05, 0.1) is 12.2 Å². The Morgan fingerprint density at radius 2 is 1.52 bits per heavy atom. The SMILES string of the molecule is CC(=O)OC[C@H]1O[C@@H](OC(C)=O)[C@H](OC(=O)c2ccccc2)[C@@H](OCc2ccccc2)[C@@H]1O. The predicted octanol–water partition coefficient (Wildman–Crippen LogP) is 2.01. The van der Waals surface area contributed by atoms with Gasteiger partial charge in [0.1, 0.15) is 24.9 Å². The van der Waals surface area contributed by atoms with Gasteiger partial charge >= 0.3 is 17.9 Å². The zero-order chi connectivity index (χ0) is 23.8. The van der Waals surface area contributed by atoms with Crippen LogP contribution < -0.4 is 0 Å². The molecule has 1 heterocycles. The van der Waals surface area contributed by atoms with Gasteiger partial charge in [0.15, 0.2) is 6.10 Å². The number of carbonyl (C=O) groups excluding carboxylic acids is 3. The highest BCUT2D eigenvalue weighted by Crippen LogP contribution is 2.29. The molecule has 2 aromatic carbocycles. The van der Waals surface area contributed by atoms with Crippen molar-refractivity contribution in [3.63, 3.8) is 0 Å². The van der Waals surface area contributed by atoms with Crippen molar-refractivity contribution in [3.8, 4) is 0 Å². The van der Waals surface area contributed by atoms with Crippen LogP contribution in [0, 0.1) is 0 Å². The molecular formula is C24H26O9. The number of esters is 3. The molecular weight excluding hydrogens is 432 g/mol. The van der Waals surface area contributed by atoms with E-state index in [1.165, 1.54) is 13.8 Å². The summed E-state index contributed by atoms with van der Waals surface area (Å²) in [5, 5.41) is 11.0. The molecule has 0 amide bonds. The summed E-state index contributed by atoms with van der Waals surface area (Å²) in [4.78, 5) is 35.7. The van der Waals surface area contributed by atoms with E-state index in [1.54, 1.807) is 30.3 Å². The lowest BCUT2D eigenvalue weighted by Gasteiger charge is -2.42. The van der Waals surface area contributed by atoms with Crippen molar-refractivity contribution in [1.29, 1.82) is 0 Å². The highest BCUT2D eigenvalue weighted by molar-refractivity contribution is 5.89. The van der Waals surface area contributed by atoms with Crippen LogP contribution >= 0.6 is 0 Å². The fraction of sp³-hybridized carbons (Fsp3) is 0.375. The molecule has 0 aromatic heterocycles. The molecule has 5 atom stereocenters. The molecule has 1 aliphatic heterocycles. The first-order chi connectivity index (χ1) is 15.8. The number of aliphatic hydroxyl groups excluding tert-OH is 1. The Kier molecular flexibility index (Phi) is 8.53. The van der Waals surface area contributed by atoms with E-state index in [0.717, 1.165) is 5.56 Å². The lowest BCUT2D eigenvalue weighted by molar-refractivity contribution is -0.300. The third kappa shape index (κ3) is 6.85. The molecule has 1 saturated heterocycles. The van der Waals surface area contributed by atoms with Gasteiger partial charge in [-0.05, 0) is 17.7 Å². The number of hydrogen-bond donors (Lipinski definition) is 1. The van der Waals surface area contributed by atoms with Gasteiger partial charge in [-0.3, -0.25) is 9.59 Å². The van der Waals surface area contributed by atoms with Gasteiger partial charge in [-0.25, -0.2) is 4.79 Å². The molecule has 0 bridgehead atoms. The van der Waals surface area contributed by atoms with Crippen LogP contribution in [-0.4, -0.2) is 60.3 Å². The average Bonchev–Trinajstić information content (AvgIpc) is 2.80. The minimum Gasteiger partial charge on any atom is -0.463 e. The van der Waals surface area contributed by atoms with Crippen molar-refractivity contribution in [2.24, 2.45) is 0 Å². The molecule has 9 nitrogen and oxygen atoms in total. The highest BCUT2D eigenvalue weighted by Gasteiger charge is 2.50. The summed E-state index contributed by atoms with van der Waals surface area (Å²) < 4.78 is 27.4. The summed E-state index contributed by atoms with van der Waals surface area (Å²) in [5.41, 5.74) is 1.07. The largest absolute Gasteiger partial charge is 0.463 e. The molecule has 0 spiro atoms. The maximum absolute atomic E-state index is 12.7. The number of rotatable bonds is 8. The van der Waals surface area contributed by atoms with Gasteiger partial charge in [-0.15, -0.1) is 0 Å². The third-order valence-corrected chi connectivity index (χ3v) is 4.89. The topological polar surface area (TPSA) is 118 Å². The van der Waals surface area contributed by atoms with E-state index in [0.29, 0.717) is 0 Å². The lowest BCUT2D eigenvalue weighted by atomic mass is 9.98. The Hall–Kier alpha value is -3.27. The fourth-order valence-electron chi connectivity index (χ4n) is 3.34. The zero-order valence-electron chi connectivity index (χ0n) is 18.3. The molecule has 0 saturated carbocycles. The summed E-state index contributed by atoms with van der Waals surface area (Å²) in [7, 11) is 0. The van der Waals surface area contributed by atoms with E-state index >= 15 is 0 Å². The Labute approximate surface area is 191 Å². The highest BCUT2D eigenvalue weighted by atomic mass is 16.7. The normalized spacial score (nSPS) is 24.5. The second kappa shape index (κ2) is 11.6. The maximum atomic E-state index is 12.7. The number of benzene rings is 2. The van der Waals surface area contributed by atoms with E-state index in [-0.39, 0.29) is 18.8 Å². The standard InChI is InChI=1S/C24H26O9/c1-15(25)29-14-19-20(27)21(30-13-17-9-5-3-6-10-17)22(24(32-19)31-16(2)26)33-23(28)18-11-7-4-8-12-18/h3-12,19-22,24,27H,13-14H2,1-2H3/t19-,20-,21+,22-,24-/m1/s1. The van der Waals surface area contributed by atoms with Gasteiger partial charge < -0.3 is 28.8 Å². The quantitative estimate of drug-likeness (QED) is 0.468. The van der Waals surface area contributed by atoms with Gasteiger partial charge in [-0.2, -0.15) is 0 Å². The molecule has 3 rings (SSSR count). The van der Waals surface area contributed by atoms with Gasteiger partial charge in [0, 0.05) is 13.8 Å². The molecule has 9 heteroatoms. The average molecular weight is 458 g/mol. The van der Waals surface area contributed by atoms with Crippen LogP contribution in [-0.2, 0) is 39.9 Å². The van der Waals surface area contributed by atoms with Crippen molar-refractivity contribution in [2.75, 3.05) is 6.61 Å². The molecule has 0 radical (unpaired) electrons. The van der Waals surface area contributed by atoms with Crippen LogP contribution in [0.25, 0.3) is 0 Å². The molecule has 2 aromatic rings. The Bertz CT molecular complexity index is 931. The van der Waals surface area contributed by atoms with Crippen molar-refractivity contribution in [2.45, 2.75) is 51.2 Å². The van der Waals surface area contributed by atoms with Crippen molar-refractivity contribution in [1.82, 2.24) is 0 Å². The second-order valence-electron chi connectivity index (χ2n) is 7.44. The summed E-state index contributed by atoms with van der Waals surface area (Å²) in [6.45, 7) is 2.16. The third-order valence-electron chi connectivity index (χ3n) is 4.89. The maximum Gasteiger partial charge on any atom is 0.338 e. The summed E-state index contributed by atoms with van der Waals surface area (Å²) in [6.07, 6.45) is -6.25. The molecule has 33 heavy (non-hydrogen) atoms. The molecule has 1 N–H and O–H groups in total. The van der Waals surface area contributed by atoms with E-state index in [1.807, 2.05) is 30.3 Å². The predicted molar refractivity (Wildman–Crippen MR) is 114 cm³/mol. The molecule has 1 fully saturated rings. The molecule has 0 aliphatic carbocycles. The Morgan fingerprint density at radius 1 is 0.879 bits per heavy atom.